The number of anilines is 6. The van der Waals surface area contributed by atoms with Crippen LogP contribution >= 0.6 is 0 Å². The third kappa shape index (κ3) is 21.3. The molecule has 0 amide bonds. The first-order valence-corrected chi connectivity index (χ1v) is 41.7. The predicted molar refractivity (Wildman–Crippen MR) is 511 cm³/mol. The van der Waals surface area contributed by atoms with Gasteiger partial charge in [0.05, 0.1) is 0 Å². The van der Waals surface area contributed by atoms with Crippen LogP contribution in [-0.4, -0.2) is 21.1 Å². The van der Waals surface area contributed by atoms with Gasteiger partial charge in [-0.25, -0.2) is 0 Å². The van der Waals surface area contributed by atoms with Crippen LogP contribution in [0.15, 0.2) is 473 Å². The molecule has 0 atom stereocenters. The summed E-state index contributed by atoms with van der Waals surface area (Å²) in [5.74, 6) is 0. The van der Waals surface area contributed by atoms with E-state index in [0.717, 1.165) is 38.5 Å². The maximum absolute atomic E-state index is 2.31. The first-order chi connectivity index (χ1) is 59.1. The van der Waals surface area contributed by atoms with Crippen LogP contribution in [0, 0.1) is 0 Å². The standard InChI is InChI=1S/3C39H33N/c1-40(38-16-8-14-36(28-38)34-22-18-32(19-23-34)26-30-10-4-2-5-11-30)39-17-9-15-37(29-39)35-24-20-33(21-25-35)27-31-12-6-3-7-13-31;1-40(38-24-22-35(23-25-38)36-15-8-14-33(28-36)27-31-12-6-3-7-13-31)39-17-9-16-37(29-39)34-20-18-32(19-21-34)26-30-10-4-2-5-11-30;1-40(38-25-23-35(24-26-38)34-19-15-32(16-20-34)27-30-9-4-2-5-10-30)39-14-8-13-37(29-39)36-21-17-33(18-22-36)28-31-11-6-3-7-12-31/h2*2-25,28-29H,26-27H2,1H3;2-26,29H,27-28H2,1H3. The molecule has 18 rings (SSSR count). The first-order valence-electron chi connectivity index (χ1n) is 41.7. The molecule has 0 aliphatic carbocycles. The number of nitrogens with zero attached hydrogens (tertiary/aromatic N) is 3. The molecule has 0 saturated carbocycles. The molecule has 0 unspecified atom stereocenters. The Hall–Kier alpha value is -14.6. The number of rotatable bonds is 24. The van der Waals surface area contributed by atoms with E-state index in [2.05, 4.69) is 509 Å². The molecule has 582 valence electrons. The molecule has 3 nitrogen and oxygen atoms in total. The van der Waals surface area contributed by atoms with E-state index in [1.807, 2.05) is 0 Å². The minimum atomic E-state index is 0.946. The van der Waals surface area contributed by atoms with Crippen LogP contribution in [0.4, 0.5) is 34.1 Å². The minimum absolute atomic E-state index is 0.946. The van der Waals surface area contributed by atoms with Gasteiger partial charge in [0.25, 0.3) is 0 Å². The lowest BCUT2D eigenvalue weighted by Gasteiger charge is -2.21. The third-order valence-electron chi connectivity index (χ3n) is 22.6. The summed E-state index contributed by atoms with van der Waals surface area (Å²) in [6, 6.07) is 170. The van der Waals surface area contributed by atoms with E-state index in [0.29, 0.717) is 0 Å². The second-order valence-corrected chi connectivity index (χ2v) is 31.1. The summed E-state index contributed by atoms with van der Waals surface area (Å²) >= 11 is 0. The van der Waals surface area contributed by atoms with Crippen molar-refractivity contribution >= 4 is 34.1 Å². The largest absolute Gasteiger partial charge is 0.345 e. The molecule has 18 aromatic carbocycles. The highest BCUT2D eigenvalue weighted by Gasteiger charge is 2.14. The Morgan fingerprint density at radius 1 is 0.117 bits per heavy atom. The predicted octanol–water partition coefficient (Wildman–Crippen LogP) is 29.9. The van der Waals surface area contributed by atoms with Crippen molar-refractivity contribution in [3.63, 3.8) is 0 Å². The molecule has 18 aromatic rings. The zero-order chi connectivity index (χ0) is 81.4. The van der Waals surface area contributed by atoms with E-state index in [9.17, 15) is 0 Å². The molecule has 3 heteroatoms. The molecule has 0 fully saturated rings. The highest BCUT2D eigenvalue weighted by atomic mass is 15.1. The first kappa shape index (κ1) is 79.2. The van der Waals surface area contributed by atoms with Crippen LogP contribution in [-0.2, 0) is 38.5 Å². The molecule has 0 aromatic heterocycles. The Bertz CT molecular complexity index is 6090. The zero-order valence-corrected chi connectivity index (χ0v) is 68.6. The summed E-state index contributed by atoms with van der Waals surface area (Å²) in [5, 5.41) is 0. The summed E-state index contributed by atoms with van der Waals surface area (Å²) in [4.78, 5) is 6.77. The Morgan fingerprint density at radius 2 is 0.275 bits per heavy atom. The topological polar surface area (TPSA) is 9.72 Å². The van der Waals surface area contributed by atoms with Gasteiger partial charge in [-0.15, -0.1) is 0 Å². The van der Waals surface area contributed by atoms with E-state index in [-0.39, 0.29) is 0 Å². The molecule has 0 saturated heterocycles. The maximum Gasteiger partial charge on any atom is 0.0414 e. The molecule has 0 aliphatic rings. The Kier molecular flexibility index (Phi) is 26.0. The highest BCUT2D eigenvalue weighted by Crippen LogP contribution is 2.37. The zero-order valence-electron chi connectivity index (χ0n) is 68.6. The fourth-order valence-electron chi connectivity index (χ4n) is 15.7. The molecule has 0 radical (unpaired) electrons. The molecule has 120 heavy (non-hydrogen) atoms. The lowest BCUT2D eigenvalue weighted by atomic mass is 9.99. The van der Waals surface area contributed by atoms with Gasteiger partial charge < -0.3 is 14.7 Å². The average Bonchev–Trinajstić information content (AvgIpc) is 0.821. The molecule has 0 heterocycles. The van der Waals surface area contributed by atoms with Crippen molar-refractivity contribution in [2.24, 2.45) is 0 Å². The van der Waals surface area contributed by atoms with E-state index in [4.69, 9.17) is 0 Å². The quantitative estimate of drug-likeness (QED) is 0.0597. The fraction of sp³-hybridized carbons (Fsp3) is 0.0769. The summed E-state index contributed by atoms with van der Waals surface area (Å²) in [7, 11) is 6.41. The van der Waals surface area contributed by atoms with Crippen LogP contribution in [0.25, 0.3) is 66.8 Å². The van der Waals surface area contributed by atoms with Gasteiger partial charge in [0.15, 0.2) is 0 Å². The average molecular weight is 1550 g/mol. The molecule has 0 aliphatic heterocycles. The van der Waals surface area contributed by atoms with Gasteiger partial charge in [-0.1, -0.05) is 400 Å². The van der Waals surface area contributed by atoms with E-state index in [1.54, 1.807) is 0 Å². The van der Waals surface area contributed by atoms with Crippen molar-refractivity contribution in [3.8, 4) is 66.8 Å². The second kappa shape index (κ2) is 39.3. The Morgan fingerprint density at radius 3 is 0.500 bits per heavy atom. The third-order valence-corrected chi connectivity index (χ3v) is 22.6. The molecule has 0 bridgehead atoms. The van der Waals surface area contributed by atoms with Crippen molar-refractivity contribution in [3.05, 3.63) is 540 Å². The second-order valence-electron chi connectivity index (χ2n) is 31.1. The SMILES string of the molecule is CN(c1ccc(-c2ccc(Cc3ccccc3)cc2)cc1)c1cccc(-c2ccc(Cc3ccccc3)cc2)c1.CN(c1ccc(-c2cccc(Cc3ccccc3)c2)cc1)c1cccc(-c2ccc(Cc3ccccc3)cc2)c1.CN(c1cccc(-c2ccc(Cc3ccccc3)cc2)c1)c1cccc(-c2ccc(Cc3ccccc3)cc2)c1. The Balaban J connectivity index is 0.000000134. The van der Waals surface area contributed by atoms with Crippen molar-refractivity contribution in [2.75, 3.05) is 35.8 Å². The van der Waals surface area contributed by atoms with Gasteiger partial charge >= 0.3 is 0 Å². The monoisotopic (exact) mass is 1550 g/mol. The van der Waals surface area contributed by atoms with E-state index < -0.39 is 0 Å². The van der Waals surface area contributed by atoms with Gasteiger partial charge in [-0.05, 0) is 245 Å². The molecule has 0 spiro atoms. The lowest BCUT2D eigenvalue weighted by Crippen LogP contribution is -2.09. The van der Waals surface area contributed by atoms with Gasteiger partial charge in [0.2, 0.25) is 0 Å². The lowest BCUT2D eigenvalue weighted by molar-refractivity contribution is 1.19. The number of hydrogen-bond donors (Lipinski definition) is 0. The summed E-state index contributed by atoms with van der Waals surface area (Å²) in [6.07, 6.45) is 5.73. The Labute approximate surface area is 710 Å². The van der Waals surface area contributed by atoms with Crippen LogP contribution < -0.4 is 14.7 Å². The van der Waals surface area contributed by atoms with Crippen molar-refractivity contribution in [1.29, 1.82) is 0 Å². The van der Waals surface area contributed by atoms with E-state index >= 15 is 0 Å². The maximum atomic E-state index is 2.31. The van der Waals surface area contributed by atoms with Crippen molar-refractivity contribution < 1.29 is 0 Å². The number of hydrogen-bond acceptors (Lipinski definition) is 3. The van der Waals surface area contributed by atoms with Crippen LogP contribution in [0.5, 0.6) is 0 Å². The molecular weight excluding hydrogens is 1450 g/mol. The fourth-order valence-corrected chi connectivity index (χ4v) is 15.7. The smallest absolute Gasteiger partial charge is 0.0414 e. The summed E-state index contributed by atoms with van der Waals surface area (Å²) in [5.41, 5.74) is 37.8. The molecular formula is C117H99N3. The van der Waals surface area contributed by atoms with E-state index in [1.165, 1.54) is 168 Å². The van der Waals surface area contributed by atoms with Crippen molar-refractivity contribution in [1.82, 2.24) is 0 Å². The summed E-state index contributed by atoms with van der Waals surface area (Å²) in [6.45, 7) is 0. The van der Waals surface area contributed by atoms with Crippen LogP contribution in [0.2, 0.25) is 0 Å². The normalized spacial score (nSPS) is 10.8. The van der Waals surface area contributed by atoms with Gasteiger partial charge in [0.1, 0.15) is 0 Å². The van der Waals surface area contributed by atoms with Gasteiger partial charge in [-0.2, -0.15) is 0 Å². The van der Waals surface area contributed by atoms with Gasteiger partial charge in [0, 0.05) is 55.3 Å². The number of benzene rings is 18. The summed E-state index contributed by atoms with van der Waals surface area (Å²) < 4.78 is 0. The van der Waals surface area contributed by atoms with Gasteiger partial charge in [-0.3, -0.25) is 0 Å². The molecule has 0 N–H and O–H groups in total. The minimum Gasteiger partial charge on any atom is -0.345 e. The van der Waals surface area contributed by atoms with Crippen LogP contribution in [0.1, 0.15) is 66.8 Å². The van der Waals surface area contributed by atoms with Crippen LogP contribution in [0.3, 0.4) is 0 Å². The highest BCUT2D eigenvalue weighted by molar-refractivity contribution is 5.79. The van der Waals surface area contributed by atoms with Crippen molar-refractivity contribution in [2.45, 2.75) is 38.5 Å².